The lowest BCUT2D eigenvalue weighted by atomic mass is 9.76. The molecule has 2 fully saturated rings. The summed E-state index contributed by atoms with van der Waals surface area (Å²) < 4.78 is 12.4. The fraction of sp³-hybridized carbons (Fsp3) is 1.00. The molecule has 0 saturated carbocycles. The van der Waals surface area contributed by atoms with Crippen molar-refractivity contribution in [3.8, 4) is 0 Å². The molecule has 4 heteroatoms. The van der Waals surface area contributed by atoms with Crippen LogP contribution in [0.4, 0.5) is 0 Å². The van der Waals surface area contributed by atoms with Crippen molar-refractivity contribution in [1.82, 2.24) is 4.90 Å². The summed E-state index contributed by atoms with van der Waals surface area (Å²) in [6, 6.07) is 0. The Balaban J connectivity index is 2.16. The zero-order valence-electron chi connectivity index (χ0n) is 14.6. The number of ether oxygens (including phenoxy) is 2. The monoisotopic (exact) mass is 298 g/mol. The van der Waals surface area contributed by atoms with Crippen molar-refractivity contribution in [2.45, 2.75) is 83.1 Å². The lowest BCUT2D eigenvalue weighted by Crippen LogP contribution is -2.66. The number of hydrogen-bond acceptors (Lipinski definition) is 4. The summed E-state index contributed by atoms with van der Waals surface area (Å²) in [6.07, 6.45) is 4.78. The van der Waals surface area contributed by atoms with Gasteiger partial charge in [0.25, 0.3) is 0 Å². The third kappa shape index (κ3) is 3.29. The third-order valence-electron chi connectivity index (χ3n) is 5.25. The first-order chi connectivity index (χ1) is 9.76. The summed E-state index contributed by atoms with van der Waals surface area (Å²) in [5.41, 5.74) is 5.87. The number of nitrogens with zero attached hydrogens (tertiary/aromatic N) is 1. The Labute approximate surface area is 130 Å². The minimum Gasteiger partial charge on any atom is -0.377 e. The minimum atomic E-state index is -0.224. The molecule has 2 aliphatic rings. The van der Waals surface area contributed by atoms with Crippen LogP contribution in [-0.2, 0) is 9.47 Å². The largest absolute Gasteiger partial charge is 0.377 e. The van der Waals surface area contributed by atoms with Crippen LogP contribution in [-0.4, -0.2) is 54.0 Å². The van der Waals surface area contributed by atoms with E-state index in [1.807, 2.05) is 0 Å². The van der Waals surface area contributed by atoms with Gasteiger partial charge in [0.1, 0.15) is 0 Å². The summed E-state index contributed by atoms with van der Waals surface area (Å²) in [4.78, 5) is 2.56. The molecule has 2 saturated heterocycles. The third-order valence-corrected chi connectivity index (χ3v) is 5.25. The van der Waals surface area contributed by atoms with Crippen molar-refractivity contribution in [2.75, 3.05) is 26.2 Å². The molecule has 0 aromatic heterocycles. The predicted octanol–water partition coefficient (Wildman–Crippen LogP) is 2.55. The molecule has 0 amide bonds. The Bertz CT molecular complexity index is 357. The maximum atomic E-state index is 6.35. The van der Waals surface area contributed by atoms with E-state index in [0.717, 1.165) is 32.5 Å². The highest BCUT2D eigenvalue weighted by Crippen LogP contribution is 2.48. The normalized spacial score (nSPS) is 36.0. The van der Waals surface area contributed by atoms with E-state index in [9.17, 15) is 0 Å². The van der Waals surface area contributed by atoms with Crippen LogP contribution >= 0.6 is 0 Å². The Morgan fingerprint density at radius 3 is 2.52 bits per heavy atom. The molecule has 2 heterocycles. The Hall–Kier alpha value is -0.160. The fourth-order valence-corrected chi connectivity index (χ4v) is 4.43. The molecule has 2 rings (SSSR count). The van der Waals surface area contributed by atoms with Crippen LogP contribution < -0.4 is 5.73 Å². The average Bonchev–Trinajstić information content (AvgIpc) is 2.61. The second-order valence-electron chi connectivity index (χ2n) is 7.87. The molecule has 0 aromatic rings. The van der Waals surface area contributed by atoms with Crippen molar-refractivity contribution >= 4 is 0 Å². The molecule has 2 atom stereocenters. The van der Waals surface area contributed by atoms with Crippen LogP contribution in [0.2, 0.25) is 0 Å². The molecule has 21 heavy (non-hydrogen) atoms. The molecule has 0 aromatic carbocycles. The fourth-order valence-electron chi connectivity index (χ4n) is 4.43. The number of rotatable bonds is 5. The van der Waals surface area contributed by atoms with E-state index in [-0.39, 0.29) is 16.7 Å². The van der Waals surface area contributed by atoms with E-state index in [1.165, 1.54) is 12.8 Å². The molecule has 2 N–H and O–H groups in total. The zero-order valence-corrected chi connectivity index (χ0v) is 14.6. The van der Waals surface area contributed by atoms with Gasteiger partial charge < -0.3 is 15.2 Å². The molecule has 0 radical (unpaired) electrons. The highest BCUT2D eigenvalue weighted by molar-refractivity contribution is 5.13. The van der Waals surface area contributed by atoms with Crippen LogP contribution in [0.15, 0.2) is 0 Å². The van der Waals surface area contributed by atoms with Gasteiger partial charge in [-0.25, -0.2) is 0 Å². The maximum Gasteiger partial charge on any atom is 0.0830 e. The van der Waals surface area contributed by atoms with E-state index >= 15 is 0 Å². The van der Waals surface area contributed by atoms with Crippen molar-refractivity contribution in [2.24, 2.45) is 5.73 Å². The molecule has 2 unspecified atom stereocenters. The van der Waals surface area contributed by atoms with Gasteiger partial charge in [-0.15, -0.1) is 0 Å². The topological polar surface area (TPSA) is 47.7 Å². The maximum absolute atomic E-state index is 6.35. The van der Waals surface area contributed by atoms with Gasteiger partial charge >= 0.3 is 0 Å². The molecule has 124 valence electrons. The molecule has 0 spiro atoms. The van der Waals surface area contributed by atoms with Crippen LogP contribution in [0.1, 0.15) is 60.3 Å². The lowest BCUT2D eigenvalue weighted by Gasteiger charge is -2.50. The molecule has 0 bridgehead atoms. The van der Waals surface area contributed by atoms with Crippen LogP contribution in [0.5, 0.6) is 0 Å². The van der Waals surface area contributed by atoms with Gasteiger partial charge in [0, 0.05) is 19.7 Å². The number of hydrogen-bond donors (Lipinski definition) is 1. The van der Waals surface area contributed by atoms with Crippen molar-refractivity contribution in [3.05, 3.63) is 0 Å². The van der Waals surface area contributed by atoms with E-state index in [4.69, 9.17) is 15.2 Å². The summed E-state index contributed by atoms with van der Waals surface area (Å²) in [5, 5.41) is 0. The van der Waals surface area contributed by atoms with Gasteiger partial charge in [-0.3, -0.25) is 4.90 Å². The number of likely N-dealkylation sites (tertiary alicyclic amines) is 1. The number of nitrogens with two attached hydrogens (primary N) is 1. The second-order valence-corrected chi connectivity index (χ2v) is 7.87. The summed E-state index contributed by atoms with van der Waals surface area (Å²) in [6.45, 7) is 14.5. The van der Waals surface area contributed by atoms with Gasteiger partial charge in [-0.2, -0.15) is 0 Å². The Kier molecular flexibility index (Phi) is 5.04. The van der Waals surface area contributed by atoms with Crippen LogP contribution in [0.3, 0.4) is 0 Å². The zero-order chi connectivity index (χ0) is 15.7. The first-order valence-corrected chi connectivity index (χ1v) is 8.53. The van der Waals surface area contributed by atoms with E-state index < -0.39 is 0 Å². The van der Waals surface area contributed by atoms with E-state index in [1.54, 1.807) is 0 Å². The van der Waals surface area contributed by atoms with Crippen molar-refractivity contribution in [3.63, 3.8) is 0 Å². The van der Waals surface area contributed by atoms with Gasteiger partial charge in [-0.1, -0.05) is 6.92 Å². The first kappa shape index (κ1) is 17.2. The van der Waals surface area contributed by atoms with Gasteiger partial charge in [-0.05, 0) is 59.9 Å². The molecule has 4 nitrogen and oxygen atoms in total. The first-order valence-electron chi connectivity index (χ1n) is 8.53. The van der Waals surface area contributed by atoms with E-state index in [0.29, 0.717) is 12.6 Å². The van der Waals surface area contributed by atoms with Crippen molar-refractivity contribution < 1.29 is 9.47 Å². The van der Waals surface area contributed by atoms with Gasteiger partial charge in [0.15, 0.2) is 0 Å². The lowest BCUT2D eigenvalue weighted by molar-refractivity contribution is -0.118. The highest BCUT2D eigenvalue weighted by Gasteiger charge is 2.59. The van der Waals surface area contributed by atoms with Crippen LogP contribution in [0, 0.1) is 0 Å². The molecule has 2 aliphatic heterocycles. The average molecular weight is 298 g/mol. The van der Waals surface area contributed by atoms with E-state index in [2.05, 4.69) is 39.5 Å². The SMILES string of the molecule is CCCOC1CCCN(C2(CN)CC(C)(C)OC2(C)C)C1. The Morgan fingerprint density at radius 1 is 1.29 bits per heavy atom. The standard InChI is InChI=1S/C17H34N2O2/c1-6-10-20-14-8-7-9-19(11-14)17(13-18)12-15(2,3)21-16(17,4)5/h14H,6-13,18H2,1-5H3. The molecule has 0 aliphatic carbocycles. The highest BCUT2D eigenvalue weighted by atomic mass is 16.5. The molecular weight excluding hydrogens is 264 g/mol. The Morgan fingerprint density at radius 2 is 2.00 bits per heavy atom. The number of piperidine rings is 1. The smallest absolute Gasteiger partial charge is 0.0830 e. The quantitative estimate of drug-likeness (QED) is 0.847. The van der Waals surface area contributed by atoms with Crippen LogP contribution in [0.25, 0.3) is 0 Å². The predicted molar refractivity (Wildman–Crippen MR) is 86.5 cm³/mol. The summed E-state index contributed by atoms with van der Waals surface area (Å²) in [5.74, 6) is 0. The second kappa shape index (κ2) is 6.15. The summed E-state index contributed by atoms with van der Waals surface area (Å²) in [7, 11) is 0. The molecular formula is C17H34N2O2. The van der Waals surface area contributed by atoms with Gasteiger partial charge in [0.2, 0.25) is 0 Å². The van der Waals surface area contributed by atoms with Crippen molar-refractivity contribution in [1.29, 1.82) is 0 Å². The van der Waals surface area contributed by atoms with Gasteiger partial charge in [0.05, 0.1) is 22.8 Å². The summed E-state index contributed by atoms with van der Waals surface area (Å²) >= 11 is 0. The minimum absolute atomic E-state index is 0.0786.